The normalized spacial score (nSPS) is 12.5. The molecule has 0 radical (unpaired) electrons. The van der Waals surface area contributed by atoms with Crippen LogP contribution in [0.4, 0.5) is 17.1 Å². The maximum absolute atomic E-state index is 7.08. The summed E-state index contributed by atoms with van der Waals surface area (Å²) in [6.45, 7) is 11.2. The molecule has 10 rings (SSSR count). The third kappa shape index (κ3) is 6.26. The summed E-state index contributed by atoms with van der Waals surface area (Å²) in [6.07, 6.45) is 0. The lowest BCUT2D eigenvalue weighted by Gasteiger charge is -2.36. The van der Waals surface area contributed by atoms with Crippen molar-refractivity contribution in [2.24, 2.45) is 0 Å². The van der Waals surface area contributed by atoms with Crippen LogP contribution < -0.4 is 30.8 Å². The average molecular weight is 750 g/mol. The van der Waals surface area contributed by atoms with Crippen molar-refractivity contribution in [3.8, 4) is 56.4 Å². The van der Waals surface area contributed by atoms with Crippen LogP contribution in [0, 0.1) is 13.8 Å². The smallest absolute Gasteiger partial charge is 0.260 e. The van der Waals surface area contributed by atoms with Gasteiger partial charge in [-0.3, -0.25) is 0 Å². The highest BCUT2D eigenvalue weighted by Gasteiger charge is 2.41. The summed E-state index contributed by atoms with van der Waals surface area (Å²) in [6, 6.07) is 63.2. The van der Waals surface area contributed by atoms with Crippen molar-refractivity contribution in [2.75, 3.05) is 4.90 Å². The van der Waals surface area contributed by atoms with E-state index in [0.717, 1.165) is 84.3 Å². The molecule has 8 aromatic carbocycles. The van der Waals surface area contributed by atoms with E-state index in [1.807, 2.05) is 0 Å². The number of nitrogens with zero attached hydrogens (tertiary/aromatic N) is 1. The maximum Gasteiger partial charge on any atom is 0.260 e. The molecule has 58 heavy (non-hydrogen) atoms. The van der Waals surface area contributed by atoms with Crippen LogP contribution in [0.15, 0.2) is 176 Å². The molecule has 0 bridgehead atoms. The van der Waals surface area contributed by atoms with Crippen molar-refractivity contribution in [2.45, 2.75) is 40.0 Å². The van der Waals surface area contributed by atoms with Crippen LogP contribution in [0.1, 0.15) is 37.5 Å². The molecule has 2 aliphatic rings. The summed E-state index contributed by atoms with van der Waals surface area (Å²) >= 11 is 0. The second-order valence-corrected chi connectivity index (χ2v) is 16.7. The van der Waals surface area contributed by atoms with E-state index in [2.05, 4.69) is 215 Å². The molecule has 280 valence electrons. The third-order valence-corrected chi connectivity index (χ3v) is 11.8. The zero-order valence-corrected chi connectivity index (χ0v) is 33.6. The lowest BCUT2D eigenvalue weighted by atomic mass is 9.34. The Hall–Kier alpha value is -6.78. The second-order valence-electron chi connectivity index (χ2n) is 16.7. The highest BCUT2D eigenvalue weighted by atomic mass is 16.5. The van der Waals surface area contributed by atoms with Crippen molar-refractivity contribution in [1.82, 2.24) is 0 Å². The van der Waals surface area contributed by atoms with Crippen molar-refractivity contribution in [1.29, 1.82) is 0 Å². The summed E-state index contributed by atoms with van der Waals surface area (Å²) in [4.78, 5) is 2.41. The quantitative estimate of drug-likeness (QED) is 0.158. The van der Waals surface area contributed by atoms with Gasteiger partial charge in [-0.15, -0.1) is 0 Å². The van der Waals surface area contributed by atoms with Gasteiger partial charge in [0.25, 0.3) is 6.71 Å². The Kier molecular flexibility index (Phi) is 8.60. The van der Waals surface area contributed by atoms with Crippen LogP contribution in [0.25, 0.3) is 33.4 Å². The fraction of sp³-hybridized carbons (Fsp3) is 0.111. The number of fused-ring (bicyclic) bond motifs is 4. The maximum atomic E-state index is 7.08. The molecule has 8 aromatic rings. The van der Waals surface area contributed by atoms with Crippen LogP contribution in [0.2, 0.25) is 0 Å². The molecule has 0 atom stereocenters. The fourth-order valence-corrected chi connectivity index (χ4v) is 8.61. The van der Waals surface area contributed by atoms with Crippen LogP contribution in [0.5, 0.6) is 23.0 Å². The standard InChI is InChI=1S/C54H44BNO2/c1-35-21-23-40(37-15-9-6-10-16-37)29-47(35)56(48-32-43(54(3,4)5)26-22-36(48)2)44-33-51-53-52(34-44)58-50-31-42(39-19-13-8-14-20-39)25-28-46(50)55(53)45-27-24-41(30-49(45)57-51)38-17-11-7-12-18-38/h6-34H,1-5H3. The Balaban J connectivity index is 1.21. The second kappa shape index (κ2) is 14.0. The van der Waals surface area contributed by atoms with Crippen molar-refractivity contribution < 1.29 is 9.47 Å². The predicted molar refractivity (Wildman–Crippen MR) is 243 cm³/mol. The summed E-state index contributed by atoms with van der Waals surface area (Å²) in [5, 5.41) is 0. The number of benzene rings is 8. The van der Waals surface area contributed by atoms with E-state index in [1.54, 1.807) is 0 Å². The van der Waals surface area contributed by atoms with Gasteiger partial charge in [-0.2, -0.15) is 0 Å². The minimum atomic E-state index is -0.0660. The predicted octanol–water partition coefficient (Wildman–Crippen LogP) is 12.8. The minimum Gasteiger partial charge on any atom is -0.458 e. The SMILES string of the molecule is Cc1ccc(-c2ccccc2)cc1N(c1cc2c3c(c1)Oc1cc(-c4ccccc4)ccc1B3c1ccc(-c3ccccc3)cc1O2)c1cc(C(C)(C)C)ccc1C. The molecule has 0 saturated carbocycles. The first-order chi connectivity index (χ1) is 28.2. The summed E-state index contributed by atoms with van der Waals surface area (Å²) in [7, 11) is 0. The average Bonchev–Trinajstić information content (AvgIpc) is 3.25. The van der Waals surface area contributed by atoms with E-state index in [4.69, 9.17) is 9.47 Å². The van der Waals surface area contributed by atoms with E-state index >= 15 is 0 Å². The van der Waals surface area contributed by atoms with Gasteiger partial charge in [0, 0.05) is 29.0 Å². The lowest BCUT2D eigenvalue weighted by molar-refractivity contribution is 0.465. The molecule has 2 heterocycles. The zero-order valence-electron chi connectivity index (χ0n) is 33.6. The van der Waals surface area contributed by atoms with Gasteiger partial charge in [-0.05, 0) is 105 Å². The molecule has 3 nitrogen and oxygen atoms in total. The minimum absolute atomic E-state index is 0.0450. The van der Waals surface area contributed by atoms with Crippen LogP contribution in [-0.2, 0) is 5.41 Å². The Labute approximate surface area is 342 Å². The van der Waals surface area contributed by atoms with E-state index in [0.29, 0.717) is 0 Å². The molecule has 2 aliphatic heterocycles. The number of ether oxygens (including phenoxy) is 2. The summed E-state index contributed by atoms with van der Waals surface area (Å²) in [5.41, 5.74) is 17.0. The highest BCUT2D eigenvalue weighted by molar-refractivity contribution is 6.98. The molecule has 0 amide bonds. The van der Waals surface area contributed by atoms with Crippen LogP contribution >= 0.6 is 0 Å². The molecule has 0 aromatic heterocycles. The van der Waals surface area contributed by atoms with Gasteiger partial charge in [-0.1, -0.05) is 160 Å². The zero-order chi connectivity index (χ0) is 39.5. The molecular weight excluding hydrogens is 705 g/mol. The number of rotatable bonds is 6. The molecule has 0 fully saturated rings. The molecule has 0 spiro atoms. The van der Waals surface area contributed by atoms with Gasteiger partial charge in [0.1, 0.15) is 23.0 Å². The van der Waals surface area contributed by atoms with Gasteiger partial charge >= 0.3 is 0 Å². The first-order valence-corrected chi connectivity index (χ1v) is 20.2. The molecular formula is C54H44BNO2. The number of aryl methyl sites for hydroxylation is 2. The first kappa shape index (κ1) is 35.6. The van der Waals surface area contributed by atoms with Crippen molar-refractivity contribution in [3.05, 3.63) is 193 Å². The molecule has 0 saturated heterocycles. The first-order valence-electron chi connectivity index (χ1n) is 20.2. The van der Waals surface area contributed by atoms with Gasteiger partial charge < -0.3 is 14.4 Å². The van der Waals surface area contributed by atoms with Crippen molar-refractivity contribution in [3.63, 3.8) is 0 Å². The molecule has 0 aliphatic carbocycles. The van der Waals surface area contributed by atoms with Gasteiger partial charge in [-0.25, -0.2) is 0 Å². The fourth-order valence-electron chi connectivity index (χ4n) is 8.61. The van der Waals surface area contributed by atoms with Crippen molar-refractivity contribution >= 4 is 40.2 Å². The Morgan fingerprint density at radius 2 is 0.845 bits per heavy atom. The summed E-state index contributed by atoms with van der Waals surface area (Å²) in [5.74, 6) is 3.34. The molecule has 0 N–H and O–H groups in total. The lowest BCUT2D eigenvalue weighted by Crippen LogP contribution is -2.57. The monoisotopic (exact) mass is 749 g/mol. The topological polar surface area (TPSA) is 21.7 Å². The Bertz CT molecular complexity index is 2730. The number of hydrogen-bond donors (Lipinski definition) is 0. The number of hydrogen-bond acceptors (Lipinski definition) is 3. The number of anilines is 3. The third-order valence-electron chi connectivity index (χ3n) is 11.8. The van der Waals surface area contributed by atoms with Gasteiger partial charge in [0.05, 0.1) is 5.69 Å². The van der Waals surface area contributed by atoms with Gasteiger partial charge in [0.2, 0.25) is 0 Å². The van der Waals surface area contributed by atoms with E-state index in [9.17, 15) is 0 Å². The Morgan fingerprint density at radius 3 is 1.33 bits per heavy atom. The largest absolute Gasteiger partial charge is 0.458 e. The van der Waals surface area contributed by atoms with Crippen LogP contribution in [0.3, 0.4) is 0 Å². The van der Waals surface area contributed by atoms with E-state index in [-0.39, 0.29) is 12.1 Å². The molecule has 4 heteroatoms. The van der Waals surface area contributed by atoms with E-state index < -0.39 is 0 Å². The molecule has 0 unspecified atom stereocenters. The van der Waals surface area contributed by atoms with E-state index in [1.165, 1.54) is 22.3 Å². The highest BCUT2D eigenvalue weighted by Crippen LogP contribution is 2.46. The van der Waals surface area contributed by atoms with Crippen LogP contribution in [-0.4, -0.2) is 6.71 Å². The summed E-state index contributed by atoms with van der Waals surface area (Å²) < 4.78 is 14.2. The Morgan fingerprint density at radius 1 is 0.414 bits per heavy atom. The van der Waals surface area contributed by atoms with Gasteiger partial charge in [0.15, 0.2) is 0 Å².